The molecule has 96 valence electrons. The monoisotopic (exact) mass is 273 g/mol. The van der Waals surface area contributed by atoms with Crippen LogP contribution in [-0.4, -0.2) is 7.05 Å². The fraction of sp³-hybridized carbons (Fsp3) is 0.571. The Kier molecular flexibility index (Phi) is 6.94. The van der Waals surface area contributed by atoms with E-state index in [4.69, 9.17) is 23.2 Å². The fourth-order valence-corrected chi connectivity index (χ4v) is 2.57. The van der Waals surface area contributed by atoms with Gasteiger partial charge < -0.3 is 5.32 Å². The molecule has 0 aliphatic heterocycles. The Bertz CT molecular complexity index is 319. The maximum atomic E-state index is 6.02. The van der Waals surface area contributed by atoms with Crippen molar-refractivity contribution in [2.75, 3.05) is 7.05 Å². The van der Waals surface area contributed by atoms with Gasteiger partial charge in [-0.2, -0.15) is 0 Å². The lowest BCUT2D eigenvalue weighted by Gasteiger charge is -2.17. The number of halogens is 2. The van der Waals surface area contributed by atoms with Gasteiger partial charge in [0.15, 0.2) is 0 Å². The molecule has 0 aromatic heterocycles. The molecule has 0 amide bonds. The summed E-state index contributed by atoms with van der Waals surface area (Å²) in [7, 11) is 1.99. The quantitative estimate of drug-likeness (QED) is 0.672. The molecule has 0 aliphatic rings. The molecule has 0 spiro atoms. The number of hydrogen-bond donors (Lipinski definition) is 1. The fourth-order valence-electron chi connectivity index (χ4n) is 2.03. The lowest BCUT2D eigenvalue weighted by atomic mass is 10.0. The van der Waals surface area contributed by atoms with Crippen molar-refractivity contribution in [3.05, 3.63) is 33.8 Å². The molecule has 0 saturated carbocycles. The van der Waals surface area contributed by atoms with Gasteiger partial charge in [-0.05, 0) is 37.2 Å². The third-order valence-corrected chi connectivity index (χ3v) is 3.42. The van der Waals surface area contributed by atoms with Gasteiger partial charge in [0.05, 0.1) is 0 Å². The summed E-state index contributed by atoms with van der Waals surface area (Å²) in [5.41, 5.74) is 1.18. The molecule has 1 rings (SSSR count). The summed E-state index contributed by atoms with van der Waals surface area (Å²) in [5, 5.41) is 4.75. The van der Waals surface area contributed by atoms with Crippen molar-refractivity contribution in [3.63, 3.8) is 0 Å². The number of unbranched alkanes of at least 4 members (excludes halogenated alkanes) is 3. The average molecular weight is 274 g/mol. The number of nitrogens with one attached hydrogen (secondary N) is 1. The summed E-state index contributed by atoms with van der Waals surface area (Å²) in [6, 6.07) is 6.11. The van der Waals surface area contributed by atoms with Gasteiger partial charge in [0, 0.05) is 16.1 Å². The number of rotatable bonds is 7. The molecule has 0 heterocycles. The van der Waals surface area contributed by atoms with Crippen LogP contribution in [0.2, 0.25) is 10.0 Å². The first kappa shape index (κ1) is 14.8. The van der Waals surface area contributed by atoms with Crippen LogP contribution < -0.4 is 5.32 Å². The second-order valence-corrected chi connectivity index (χ2v) is 5.27. The molecule has 1 nitrogen and oxygen atoms in total. The number of hydrogen-bond acceptors (Lipinski definition) is 1. The van der Waals surface area contributed by atoms with E-state index in [1.54, 1.807) is 6.07 Å². The van der Waals surface area contributed by atoms with Crippen LogP contribution in [0.25, 0.3) is 0 Å². The van der Waals surface area contributed by atoms with Gasteiger partial charge >= 0.3 is 0 Å². The van der Waals surface area contributed by atoms with E-state index >= 15 is 0 Å². The Morgan fingerprint density at radius 1 is 1.06 bits per heavy atom. The molecule has 0 aliphatic carbocycles. The van der Waals surface area contributed by atoms with Crippen molar-refractivity contribution in [1.29, 1.82) is 0 Å². The van der Waals surface area contributed by atoms with Crippen molar-refractivity contribution in [1.82, 2.24) is 5.32 Å². The summed E-state index contributed by atoms with van der Waals surface area (Å²) < 4.78 is 0. The minimum atomic E-state index is 0.350. The molecule has 0 fully saturated rings. The maximum absolute atomic E-state index is 6.02. The first-order chi connectivity index (χ1) is 8.17. The van der Waals surface area contributed by atoms with Crippen LogP contribution >= 0.6 is 23.2 Å². The molecule has 1 aromatic carbocycles. The molecule has 0 saturated heterocycles. The summed E-state index contributed by atoms with van der Waals surface area (Å²) in [5.74, 6) is 0. The minimum Gasteiger partial charge on any atom is -0.313 e. The Labute approximate surface area is 115 Å². The van der Waals surface area contributed by atoms with E-state index < -0.39 is 0 Å². The second-order valence-electron chi connectivity index (χ2n) is 4.39. The van der Waals surface area contributed by atoms with E-state index in [-0.39, 0.29) is 0 Å². The smallest absolute Gasteiger partial charge is 0.0424 e. The van der Waals surface area contributed by atoms with Gasteiger partial charge in [-0.15, -0.1) is 0 Å². The van der Waals surface area contributed by atoms with Gasteiger partial charge in [-0.25, -0.2) is 0 Å². The van der Waals surface area contributed by atoms with E-state index in [0.29, 0.717) is 16.1 Å². The molecule has 1 N–H and O–H groups in total. The van der Waals surface area contributed by atoms with Crippen LogP contribution in [0.5, 0.6) is 0 Å². The minimum absolute atomic E-state index is 0.350. The van der Waals surface area contributed by atoms with Crippen LogP contribution in [0.15, 0.2) is 18.2 Å². The van der Waals surface area contributed by atoms with Crippen molar-refractivity contribution in [2.24, 2.45) is 0 Å². The SMILES string of the molecule is CCCCCCC(NC)c1cc(Cl)cc(Cl)c1. The van der Waals surface area contributed by atoms with Gasteiger partial charge in [-0.1, -0.05) is 55.8 Å². The predicted octanol–water partition coefficient (Wildman–Crippen LogP) is 5.22. The highest BCUT2D eigenvalue weighted by Gasteiger charge is 2.10. The van der Waals surface area contributed by atoms with Gasteiger partial charge in [0.2, 0.25) is 0 Å². The van der Waals surface area contributed by atoms with E-state index in [1.165, 1.54) is 31.2 Å². The van der Waals surface area contributed by atoms with Crippen LogP contribution in [-0.2, 0) is 0 Å². The van der Waals surface area contributed by atoms with Gasteiger partial charge in [0.25, 0.3) is 0 Å². The summed E-state index contributed by atoms with van der Waals surface area (Å²) in [6.45, 7) is 2.23. The Hall–Kier alpha value is -0.240. The largest absolute Gasteiger partial charge is 0.313 e. The highest BCUT2D eigenvalue weighted by molar-refractivity contribution is 6.34. The van der Waals surface area contributed by atoms with Crippen LogP contribution in [0.4, 0.5) is 0 Å². The Morgan fingerprint density at radius 3 is 2.24 bits per heavy atom. The van der Waals surface area contributed by atoms with Crippen LogP contribution in [0, 0.1) is 0 Å². The zero-order valence-electron chi connectivity index (χ0n) is 10.6. The third kappa shape index (κ3) is 5.29. The van der Waals surface area contributed by atoms with Crippen molar-refractivity contribution >= 4 is 23.2 Å². The molecule has 1 aromatic rings. The summed E-state index contributed by atoms with van der Waals surface area (Å²) >= 11 is 12.0. The zero-order valence-corrected chi connectivity index (χ0v) is 12.1. The van der Waals surface area contributed by atoms with Gasteiger partial charge in [-0.3, -0.25) is 0 Å². The van der Waals surface area contributed by atoms with E-state index in [1.807, 2.05) is 19.2 Å². The van der Waals surface area contributed by atoms with Crippen LogP contribution in [0.3, 0.4) is 0 Å². The lowest BCUT2D eigenvalue weighted by Crippen LogP contribution is -2.16. The maximum Gasteiger partial charge on any atom is 0.0424 e. The first-order valence-corrected chi connectivity index (χ1v) is 7.06. The summed E-state index contributed by atoms with van der Waals surface area (Å²) in [6.07, 6.45) is 6.25. The van der Waals surface area contributed by atoms with E-state index in [2.05, 4.69) is 12.2 Å². The predicted molar refractivity (Wildman–Crippen MR) is 77.0 cm³/mol. The third-order valence-electron chi connectivity index (χ3n) is 2.98. The summed E-state index contributed by atoms with van der Waals surface area (Å²) in [4.78, 5) is 0. The topological polar surface area (TPSA) is 12.0 Å². The average Bonchev–Trinajstić information content (AvgIpc) is 2.28. The Balaban J connectivity index is 2.59. The van der Waals surface area contributed by atoms with Gasteiger partial charge in [0.1, 0.15) is 0 Å². The standard InChI is InChI=1S/C14H21Cl2N/c1-3-4-5-6-7-14(17-2)11-8-12(15)10-13(16)9-11/h8-10,14,17H,3-7H2,1-2H3. The first-order valence-electron chi connectivity index (χ1n) is 6.30. The highest BCUT2D eigenvalue weighted by atomic mass is 35.5. The molecule has 17 heavy (non-hydrogen) atoms. The molecule has 3 heteroatoms. The molecule has 0 radical (unpaired) electrons. The molecule has 1 unspecified atom stereocenters. The zero-order chi connectivity index (χ0) is 12.7. The van der Waals surface area contributed by atoms with Crippen molar-refractivity contribution < 1.29 is 0 Å². The van der Waals surface area contributed by atoms with Crippen LogP contribution in [0.1, 0.15) is 50.6 Å². The van der Waals surface area contributed by atoms with Crippen molar-refractivity contribution in [2.45, 2.75) is 45.1 Å². The lowest BCUT2D eigenvalue weighted by molar-refractivity contribution is 0.505. The molecular formula is C14H21Cl2N. The van der Waals surface area contributed by atoms with E-state index in [0.717, 1.165) is 6.42 Å². The second kappa shape index (κ2) is 7.97. The normalized spacial score (nSPS) is 12.7. The Morgan fingerprint density at radius 2 is 1.71 bits per heavy atom. The van der Waals surface area contributed by atoms with Crippen molar-refractivity contribution in [3.8, 4) is 0 Å². The highest BCUT2D eigenvalue weighted by Crippen LogP contribution is 2.26. The molecular weight excluding hydrogens is 253 g/mol. The molecule has 0 bridgehead atoms. The molecule has 1 atom stereocenters. The number of benzene rings is 1. The van der Waals surface area contributed by atoms with E-state index in [9.17, 15) is 0 Å².